The third-order valence-corrected chi connectivity index (χ3v) is 2.50. The molecule has 0 fully saturated rings. The predicted molar refractivity (Wildman–Crippen MR) is 72.0 cm³/mol. The van der Waals surface area contributed by atoms with Gasteiger partial charge in [0.1, 0.15) is 0 Å². The van der Waals surface area contributed by atoms with Crippen LogP contribution in [0.4, 0.5) is 5.69 Å². The van der Waals surface area contributed by atoms with Crippen molar-refractivity contribution in [2.45, 2.75) is 0 Å². The molecule has 2 aromatic rings. The molecule has 1 N–H and O–H groups in total. The van der Waals surface area contributed by atoms with E-state index in [1.807, 2.05) is 0 Å². The lowest BCUT2D eigenvalue weighted by Crippen LogP contribution is -2.27. The van der Waals surface area contributed by atoms with E-state index in [2.05, 4.69) is 10.3 Å². The number of rotatable bonds is 2. The van der Waals surface area contributed by atoms with Gasteiger partial charge in [-0.05, 0) is 12.1 Å². The van der Waals surface area contributed by atoms with E-state index in [1.165, 1.54) is 24.3 Å². The van der Waals surface area contributed by atoms with Crippen LogP contribution >= 0.6 is 0 Å². The molecule has 98 valence electrons. The van der Waals surface area contributed by atoms with Crippen LogP contribution in [0.3, 0.4) is 0 Å². The van der Waals surface area contributed by atoms with Crippen LogP contribution in [0.15, 0.2) is 54.6 Å². The molecule has 0 aliphatic heterocycles. The van der Waals surface area contributed by atoms with Gasteiger partial charge < -0.3 is 4.84 Å². The number of benzene rings is 2. The zero-order chi connectivity index (χ0) is 14.4. The summed E-state index contributed by atoms with van der Waals surface area (Å²) >= 11 is 0. The second-order valence-corrected chi connectivity index (χ2v) is 3.85. The van der Waals surface area contributed by atoms with Gasteiger partial charge in [-0.25, -0.2) is 9.64 Å². The predicted octanol–water partition coefficient (Wildman–Crippen LogP) is 2.74. The molecule has 0 heterocycles. The summed E-state index contributed by atoms with van der Waals surface area (Å²) in [5.74, 6) is -1.19. The molecule has 1 amide bonds. The number of nitrogens with zero attached hydrogens (tertiary/aromatic N) is 1. The van der Waals surface area contributed by atoms with E-state index in [1.54, 1.807) is 30.3 Å². The largest absolute Gasteiger partial charge is 0.362 e. The highest BCUT2D eigenvalue weighted by molar-refractivity contribution is 5.96. The molecule has 0 saturated carbocycles. The SMILES string of the molecule is [C-]#[N+]c1ccc(C(=O)NOC(=O)c2ccccc2)cc1. The highest BCUT2D eigenvalue weighted by Gasteiger charge is 2.10. The molecular formula is C15H10N2O3. The topological polar surface area (TPSA) is 59.8 Å². The first-order valence-electron chi connectivity index (χ1n) is 5.75. The molecule has 0 bridgehead atoms. The number of carbonyl (C=O) groups is 2. The molecule has 2 rings (SSSR count). The highest BCUT2D eigenvalue weighted by atomic mass is 16.7. The van der Waals surface area contributed by atoms with E-state index in [0.29, 0.717) is 16.8 Å². The Hall–Kier alpha value is -3.13. The summed E-state index contributed by atoms with van der Waals surface area (Å²) in [5, 5.41) is 0. The molecule has 0 aliphatic rings. The third kappa shape index (κ3) is 3.21. The molecule has 20 heavy (non-hydrogen) atoms. The van der Waals surface area contributed by atoms with Crippen molar-refractivity contribution >= 4 is 17.6 Å². The molecule has 0 atom stereocenters. The van der Waals surface area contributed by atoms with Crippen LogP contribution < -0.4 is 5.48 Å². The Balaban J connectivity index is 1.95. The average Bonchev–Trinajstić information content (AvgIpc) is 2.53. The van der Waals surface area contributed by atoms with Crippen molar-refractivity contribution in [1.29, 1.82) is 0 Å². The van der Waals surface area contributed by atoms with Crippen molar-refractivity contribution in [3.8, 4) is 0 Å². The summed E-state index contributed by atoms with van der Waals surface area (Å²) < 4.78 is 0. The van der Waals surface area contributed by atoms with Crippen molar-refractivity contribution in [2.75, 3.05) is 0 Å². The first-order chi connectivity index (χ1) is 9.70. The highest BCUT2D eigenvalue weighted by Crippen LogP contribution is 2.12. The van der Waals surface area contributed by atoms with Gasteiger partial charge in [0, 0.05) is 5.56 Å². The second kappa shape index (κ2) is 6.16. The van der Waals surface area contributed by atoms with Crippen molar-refractivity contribution in [3.05, 3.63) is 77.1 Å². The van der Waals surface area contributed by atoms with Gasteiger partial charge in [0.15, 0.2) is 5.69 Å². The molecule has 5 heteroatoms. The lowest BCUT2D eigenvalue weighted by atomic mass is 10.2. The average molecular weight is 266 g/mol. The molecule has 0 radical (unpaired) electrons. The van der Waals surface area contributed by atoms with Gasteiger partial charge in [-0.1, -0.05) is 42.5 Å². The van der Waals surface area contributed by atoms with Crippen molar-refractivity contribution in [3.63, 3.8) is 0 Å². The maximum absolute atomic E-state index is 11.7. The summed E-state index contributed by atoms with van der Waals surface area (Å²) in [6, 6.07) is 14.3. The Labute approximate surface area is 115 Å². The van der Waals surface area contributed by atoms with Crippen LogP contribution in [0.5, 0.6) is 0 Å². The van der Waals surface area contributed by atoms with Gasteiger partial charge in [0.2, 0.25) is 0 Å². The Morgan fingerprint density at radius 1 is 0.950 bits per heavy atom. The number of hydrogen-bond acceptors (Lipinski definition) is 3. The number of hydrogen-bond donors (Lipinski definition) is 1. The molecule has 0 unspecified atom stereocenters. The normalized spacial score (nSPS) is 9.35. The Morgan fingerprint density at radius 3 is 2.20 bits per heavy atom. The molecule has 2 aromatic carbocycles. The first-order valence-corrected chi connectivity index (χ1v) is 5.75. The summed E-state index contributed by atoms with van der Waals surface area (Å²) in [6.45, 7) is 6.81. The van der Waals surface area contributed by atoms with Crippen molar-refractivity contribution in [1.82, 2.24) is 5.48 Å². The Kier molecular flexibility index (Phi) is 4.10. The van der Waals surface area contributed by atoms with Gasteiger partial charge >= 0.3 is 5.97 Å². The monoisotopic (exact) mass is 266 g/mol. The van der Waals surface area contributed by atoms with Gasteiger partial charge in [-0.15, -0.1) is 0 Å². The minimum absolute atomic E-state index is 0.304. The maximum atomic E-state index is 11.7. The van der Waals surface area contributed by atoms with E-state index in [-0.39, 0.29) is 0 Å². The van der Waals surface area contributed by atoms with E-state index >= 15 is 0 Å². The minimum atomic E-state index is -0.642. The standard InChI is InChI=1S/C15H10N2O3/c1-16-13-9-7-11(8-10-13)14(18)17-20-15(19)12-5-3-2-4-6-12/h2-10H,(H,17,18). The number of amides is 1. The molecule has 0 aromatic heterocycles. The summed E-state index contributed by atoms with van der Waals surface area (Å²) in [6.07, 6.45) is 0. The first kappa shape index (κ1) is 13.3. The maximum Gasteiger partial charge on any atom is 0.362 e. The lowest BCUT2D eigenvalue weighted by molar-refractivity contribution is 0.0230. The van der Waals surface area contributed by atoms with Crippen LogP contribution in [0.2, 0.25) is 0 Å². The van der Waals surface area contributed by atoms with Crippen LogP contribution in [0.1, 0.15) is 20.7 Å². The summed E-state index contributed by atoms with van der Waals surface area (Å²) in [4.78, 5) is 31.2. The van der Waals surface area contributed by atoms with Crippen LogP contribution in [-0.2, 0) is 4.84 Å². The van der Waals surface area contributed by atoms with Crippen LogP contribution in [0, 0.1) is 6.57 Å². The van der Waals surface area contributed by atoms with Crippen molar-refractivity contribution < 1.29 is 14.4 Å². The van der Waals surface area contributed by atoms with E-state index < -0.39 is 11.9 Å². The van der Waals surface area contributed by atoms with Crippen LogP contribution in [-0.4, -0.2) is 11.9 Å². The molecule has 0 saturated heterocycles. The van der Waals surface area contributed by atoms with E-state index in [9.17, 15) is 9.59 Å². The van der Waals surface area contributed by atoms with Gasteiger partial charge in [-0.2, -0.15) is 5.48 Å². The lowest BCUT2D eigenvalue weighted by Gasteiger charge is -2.05. The zero-order valence-electron chi connectivity index (χ0n) is 10.4. The van der Waals surface area contributed by atoms with Gasteiger partial charge in [0.05, 0.1) is 12.1 Å². The quantitative estimate of drug-likeness (QED) is 0.671. The van der Waals surface area contributed by atoms with Crippen LogP contribution in [0.25, 0.3) is 4.85 Å². The van der Waals surface area contributed by atoms with E-state index in [4.69, 9.17) is 11.4 Å². The fourth-order valence-corrected chi connectivity index (χ4v) is 1.47. The van der Waals surface area contributed by atoms with Crippen molar-refractivity contribution in [2.24, 2.45) is 0 Å². The zero-order valence-corrected chi connectivity index (χ0v) is 10.4. The Morgan fingerprint density at radius 2 is 1.60 bits per heavy atom. The number of nitrogens with one attached hydrogen (secondary N) is 1. The Bertz CT molecular complexity index is 658. The third-order valence-electron chi connectivity index (χ3n) is 2.50. The van der Waals surface area contributed by atoms with E-state index in [0.717, 1.165) is 0 Å². The fraction of sp³-hybridized carbons (Fsp3) is 0. The molecule has 0 spiro atoms. The summed E-state index contributed by atoms with van der Waals surface area (Å²) in [7, 11) is 0. The number of carbonyl (C=O) groups excluding carboxylic acids is 2. The smallest absolute Gasteiger partial charge is 0.335 e. The van der Waals surface area contributed by atoms with Gasteiger partial charge in [0.25, 0.3) is 5.91 Å². The molecule has 5 nitrogen and oxygen atoms in total. The number of hydroxylamine groups is 1. The second-order valence-electron chi connectivity index (χ2n) is 3.85. The fourth-order valence-electron chi connectivity index (χ4n) is 1.47. The minimum Gasteiger partial charge on any atom is -0.335 e. The molecular weight excluding hydrogens is 256 g/mol. The summed E-state index contributed by atoms with van der Waals surface area (Å²) in [5.41, 5.74) is 3.15. The van der Waals surface area contributed by atoms with Gasteiger partial charge in [-0.3, -0.25) is 4.79 Å². The molecule has 0 aliphatic carbocycles.